The summed E-state index contributed by atoms with van der Waals surface area (Å²) in [6.45, 7) is 4.00. The normalized spacial score (nSPS) is 20.7. The van der Waals surface area contributed by atoms with Gasteiger partial charge in [-0.1, -0.05) is 24.3 Å². The van der Waals surface area contributed by atoms with Gasteiger partial charge in [0.1, 0.15) is 0 Å². The highest BCUT2D eigenvalue weighted by molar-refractivity contribution is 7.87. The predicted molar refractivity (Wildman–Crippen MR) is 141 cm³/mol. The molecular weight excluding hydrogens is 535 g/mol. The first kappa shape index (κ1) is 29.3. The third-order valence-corrected chi connectivity index (χ3v) is 8.78. The Bertz CT molecular complexity index is 1270. The van der Waals surface area contributed by atoms with Crippen LogP contribution in [-0.2, 0) is 26.8 Å². The van der Waals surface area contributed by atoms with Crippen molar-refractivity contribution in [3.63, 3.8) is 0 Å². The molecule has 1 atom stereocenters. The SMILES string of the molecule is Cc1ccc(C2(N3CCC(c4ccc(C(F)(F)F)cc4)CC3)CO2)cc1NC(=O)NCCNS(=O)(=O)N(C)C. The van der Waals surface area contributed by atoms with E-state index in [9.17, 15) is 26.4 Å². The van der Waals surface area contributed by atoms with E-state index in [0.717, 1.165) is 59.1 Å². The van der Waals surface area contributed by atoms with Gasteiger partial charge in [0.05, 0.1) is 12.2 Å². The number of hydrogen-bond acceptors (Lipinski definition) is 5. The van der Waals surface area contributed by atoms with Crippen LogP contribution in [0.1, 0.15) is 41.0 Å². The molecule has 2 aromatic rings. The lowest BCUT2D eigenvalue weighted by molar-refractivity contribution is -0.137. The maximum absolute atomic E-state index is 12.9. The van der Waals surface area contributed by atoms with Crippen LogP contribution in [0.15, 0.2) is 42.5 Å². The van der Waals surface area contributed by atoms with Gasteiger partial charge in [0, 0.05) is 51.5 Å². The van der Waals surface area contributed by atoms with Crippen LogP contribution in [0.3, 0.4) is 0 Å². The average molecular weight is 570 g/mol. The van der Waals surface area contributed by atoms with Crippen LogP contribution in [0.25, 0.3) is 0 Å². The zero-order valence-electron chi connectivity index (χ0n) is 22.1. The van der Waals surface area contributed by atoms with E-state index in [1.54, 1.807) is 12.1 Å². The molecule has 2 saturated heterocycles. The van der Waals surface area contributed by atoms with Crippen LogP contribution in [0.5, 0.6) is 0 Å². The second kappa shape index (κ2) is 11.4. The first-order valence-electron chi connectivity index (χ1n) is 12.7. The van der Waals surface area contributed by atoms with E-state index < -0.39 is 33.7 Å². The largest absolute Gasteiger partial charge is 0.416 e. The predicted octanol–water partition coefficient (Wildman–Crippen LogP) is 3.59. The van der Waals surface area contributed by atoms with Crippen LogP contribution in [0.2, 0.25) is 0 Å². The lowest BCUT2D eigenvalue weighted by atomic mass is 9.87. The summed E-state index contributed by atoms with van der Waals surface area (Å²) in [6.07, 6.45) is -2.74. The number of carbonyl (C=O) groups is 1. The van der Waals surface area contributed by atoms with Gasteiger partial charge >= 0.3 is 12.2 Å². The molecule has 2 aliphatic rings. The molecule has 2 fully saturated rings. The Morgan fingerprint density at radius 2 is 1.74 bits per heavy atom. The van der Waals surface area contributed by atoms with Crippen molar-refractivity contribution >= 4 is 21.9 Å². The molecular formula is C26H34F3N5O4S. The minimum atomic E-state index is -4.34. The monoisotopic (exact) mass is 569 g/mol. The van der Waals surface area contributed by atoms with E-state index >= 15 is 0 Å². The number of likely N-dealkylation sites (tertiary alicyclic amines) is 1. The number of rotatable bonds is 9. The fourth-order valence-electron chi connectivity index (χ4n) is 4.77. The average Bonchev–Trinajstić information content (AvgIpc) is 3.70. The van der Waals surface area contributed by atoms with Crippen LogP contribution in [-0.4, -0.2) is 70.5 Å². The summed E-state index contributed by atoms with van der Waals surface area (Å²) in [4.78, 5) is 14.7. The van der Waals surface area contributed by atoms with Crippen molar-refractivity contribution in [3.05, 3.63) is 64.7 Å². The van der Waals surface area contributed by atoms with E-state index in [-0.39, 0.29) is 19.0 Å². The van der Waals surface area contributed by atoms with Crippen LogP contribution < -0.4 is 15.4 Å². The van der Waals surface area contributed by atoms with Gasteiger partial charge in [-0.05, 0) is 55.0 Å². The van der Waals surface area contributed by atoms with Crippen molar-refractivity contribution in [1.29, 1.82) is 0 Å². The van der Waals surface area contributed by atoms with Crippen molar-refractivity contribution in [3.8, 4) is 0 Å². The molecule has 13 heteroatoms. The number of nitrogens with zero attached hydrogens (tertiary/aromatic N) is 2. The van der Waals surface area contributed by atoms with Gasteiger partial charge in [-0.2, -0.15) is 25.9 Å². The number of benzene rings is 2. The van der Waals surface area contributed by atoms with Crippen molar-refractivity contribution in [1.82, 2.24) is 19.2 Å². The maximum Gasteiger partial charge on any atom is 0.416 e. The fraction of sp³-hybridized carbons (Fsp3) is 0.500. The van der Waals surface area contributed by atoms with Gasteiger partial charge in [-0.25, -0.2) is 9.52 Å². The fourth-order valence-corrected chi connectivity index (χ4v) is 5.39. The number of nitrogens with one attached hydrogen (secondary N) is 3. The molecule has 1 unspecified atom stereocenters. The quantitative estimate of drug-likeness (QED) is 0.316. The number of carbonyl (C=O) groups excluding carboxylic acids is 1. The number of aryl methyl sites for hydroxylation is 1. The number of anilines is 1. The summed E-state index contributed by atoms with van der Waals surface area (Å²) in [5, 5.41) is 5.47. The molecule has 9 nitrogen and oxygen atoms in total. The molecule has 39 heavy (non-hydrogen) atoms. The van der Waals surface area contributed by atoms with Crippen LogP contribution >= 0.6 is 0 Å². The summed E-state index contributed by atoms with van der Waals surface area (Å²) in [6, 6.07) is 10.8. The Kier molecular flexibility index (Phi) is 8.57. The first-order chi connectivity index (χ1) is 18.3. The Balaban J connectivity index is 1.33. The van der Waals surface area contributed by atoms with E-state index in [1.807, 2.05) is 25.1 Å². The number of hydrogen-bond donors (Lipinski definition) is 3. The molecule has 2 heterocycles. The third-order valence-electron chi connectivity index (χ3n) is 7.25. The molecule has 3 N–H and O–H groups in total. The van der Waals surface area contributed by atoms with Crippen molar-refractivity contribution < 1.29 is 31.1 Å². The van der Waals surface area contributed by atoms with Crippen molar-refractivity contribution in [2.75, 3.05) is 52.2 Å². The second-order valence-corrected chi connectivity index (χ2v) is 12.0. The van der Waals surface area contributed by atoms with Crippen LogP contribution in [0, 0.1) is 6.92 Å². The van der Waals surface area contributed by atoms with Crippen molar-refractivity contribution in [2.45, 2.75) is 37.6 Å². The Morgan fingerprint density at radius 1 is 1.10 bits per heavy atom. The van der Waals surface area contributed by atoms with E-state index in [0.29, 0.717) is 12.3 Å². The summed E-state index contributed by atoms with van der Waals surface area (Å²) in [5.41, 5.74) is 2.08. The molecule has 2 amide bonds. The molecule has 214 valence electrons. The minimum absolute atomic E-state index is 0.0479. The summed E-state index contributed by atoms with van der Waals surface area (Å²) >= 11 is 0. The number of ether oxygens (including phenoxy) is 1. The number of amides is 2. The van der Waals surface area contributed by atoms with Crippen LogP contribution in [0.4, 0.5) is 23.7 Å². The third kappa shape index (κ3) is 6.90. The Morgan fingerprint density at radius 3 is 2.31 bits per heavy atom. The van der Waals surface area contributed by atoms with E-state index in [2.05, 4.69) is 20.3 Å². The second-order valence-electron chi connectivity index (χ2n) is 10.0. The zero-order valence-corrected chi connectivity index (χ0v) is 23.0. The van der Waals surface area contributed by atoms with Gasteiger partial charge in [-0.3, -0.25) is 4.90 Å². The summed E-state index contributed by atoms with van der Waals surface area (Å²) < 4.78 is 71.6. The molecule has 0 radical (unpaired) electrons. The summed E-state index contributed by atoms with van der Waals surface area (Å²) in [7, 11) is -0.736. The molecule has 0 saturated carbocycles. The molecule has 0 bridgehead atoms. The van der Waals surface area contributed by atoms with E-state index in [4.69, 9.17) is 4.74 Å². The number of piperidine rings is 1. The highest BCUT2D eigenvalue weighted by atomic mass is 32.2. The van der Waals surface area contributed by atoms with Crippen molar-refractivity contribution in [2.24, 2.45) is 0 Å². The zero-order chi connectivity index (χ0) is 28.4. The number of epoxide rings is 1. The Hall–Kier alpha value is -2.71. The lowest BCUT2D eigenvalue weighted by Crippen LogP contribution is -2.42. The number of halogens is 3. The number of alkyl halides is 3. The molecule has 0 aromatic heterocycles. The summed E-state index contributed by atoms with van der Waals surface area (Å²) in [5.74, 6) is 0.181. The molecule has 2 aromatic carbocycles. The molecule has 0 aliphatic carbocycles. The lowest BCUT2D eigenvalue weighted by Gasteiger charge is -2.36. The standard InChI is InChI=1S/C26H34F3N5O4S/c1-18-4-7-22(16-23(18)32-24(35)30-12-13-31-39(36,37)33(2)3)25(17-38-25)34-14-10-20(11-15-34)19-5-8-21(9-6-19)26(27,28)29/h4-9,16,20,31H,10-15,17H2,1-3H3,(H2,30,32,35). The molecule has 2 aliphatic heterocycles. The highest BCUT2D eigenvalue weighted by Gasteiger charge is 2.52. The van der Waals surface area contributed by atoms with Gasteiger partial charge in [0.15, 0.2) is 5.72 Å². The van der Waals surface area contributed by atoms with Gasteiger partial charge in [0.2, 0.25) is 0 Å². The maximum atomic E-state index is 12.9. The van der Waals surface area contributed by atoms with E-state index in [1.165, 1.54) is 14.1 Å². The highest BCUT2D eigenvalue weighted by Crippen LogP contribution is 2.46. The molecule has 4 rings (SSSR count). The van der Waals surface area contributed by atoms with Gasteiger partial charge in [0.25, 0.3) is 10.2 Å². The first-order valence-corrected chi connectivity index (χ1v) is 14.1. The topological polar surface area (TPSA) is 106 Å². The Labute approximate surface area is 226 Å². The molecule has 0 spiro atoms. The minimum Gasteiger partial charge on any atom is -0.349 e. The van der Waals surface area contributed by atoms with Gasteiger partial charge in [-0.15, -0.1) is 0 Å². The number of urea groups is 1. The van der Waals surface area contributed by atoms with Gasteiger partial charge < -0.3 is 15.4 Å². The smallest absolute Gasteiger partial charge is 0.349 e.